The summed E-state index contributed by atoms with van der Waals surface area (Å²) in [4.78, 5) is 35.0. The molecule has 212 valence electrons. The van der Waals surface area contributed by atoms with Crippen molar-refractivity contribution in [1.29, 1.82) is 0 Å². The zero-order valence-electron chi connectivity index (χ0n) is 23.7. The minimum atomic E-state index is -0.468. The summed E-state index contributed by atoms with van der Waals surface area (Å²) in [7, 11) is 3.83. The number of rotatable bonds is 11. The van der Waals surface area contributed by atoms with Crippen LogP contribution in [0.5, 0.6) is 5.75 Å². The number of piperazine rings is 1. The molecule has 5 rings (SSSR count). The Morgan fingerprint density at radius 2 is 1.68 bits per heavy atom. The molecule has 1 atom stereocenters. The lowest BCUT2D eigenvalue weighted by Crippen LogP contribution is -2.48. The summed E-state index contributed by atoms with van der Waals surface area (Å²) >= 11 is 0. The van der Waals surface area contributed by atoms with Crippen LogP contribution in [0, 0.1) is 6.92 Å². The van der Waals surface area contributed by atoms with Crippen LogP contribution in [0.3, 0.4) is 0 Å². The molecule has 0 saturated carbocycles. The smallest absolute Gasteiger partial charge is 0.294 e. The minimum Gasteiger partial charge on any atom is -0.488 e. The minimum absolute atomic E-state index is 0.0959. The van der Waals surface area contributed by atoms with Crippen molar-refractivity contribution in [2.75, 3.05) is 40.3 Å². The number of allylic oxidation sites excluding steroid dienone is 1. The zero-order valence-corrected chi connectivity index (χ0v) is 23.7. The Kier molecular flexibility index (Phi) is 8.70. The van der Waals surface area contributed by atoms with Gasteiger partial charge in [-0.05, 0) is 24.1 Å². The van der Waals surface area contributed by atoms with Crippen LogP contribution in [0.4, 0.5) is 0 Å². The highest BCUT2D eigenvalue weighted by molar-refractivity contribution is 6.12. The molecule has 0 bridgehead atoms. The van der Waals surface area contributed by atoms with Gasteiger partial charge in [0, 0.05) is 75.2 Å². The molecule has 8 heteroatoms. The van der Waals surface area contributed by atoms with Crippen molar-refractivity contribution in [3.05, 3.63) is 113 Å². The van der Waals surface area contributed by atoms with Crippen molar-refractivity contribution >= 4 is 23.2 Å². The van der Waals surface area contributed by atoms with E-state index in [-0.39, 0.29) is 5.78 Å². The predicted octanol–water partition coefficient (Wildman–Crippen LogP) is 5.13. The van der Waals surface area contributed by atoms with Crippen LogP contribution in [-0.2, 0) is 16.1 Å². The maximum Gasteiger partial charge on any atom is 0.294 e. The molecule has 1 unspecified atom stereocenters. The molecule has 0 spiro atoms. The van der Waals surface area contributed by atoms with Crippen LogP contribution in [0.25, 0.3) is 10.9 Å². The highest BCUT2D eigenvalue weighted by atomic mass is 16.5. The lowest BCUT2D eigenvalue weighted by atomic mass is 10.0. The first-order valence-electron chi connectivity index (χ1n) is 13.8. The molecule has 8 nitrogen and oxygen atoms in total. The molecular formula is C33H36N4O4. The van der Waals surface area contributed by atoms with Crippen molar-refractivity contribution in [1.82, 2.24) is 19.7 Å². The molecule has 1 aliphatic rings. The van der Waals surface area contributed by atoms with E-state index < -0.39 is 6.23 Å². The second-order valence-electron chi connectivity index (χ2n) is 10.5. The third kappa shape index (κ3) is 6.44. The van der Waals surface area contributed by atoms with E-state index in [0.29, 0.717) is 56.3 Å². The molecule has 0 aliphatic carbocycles. The predicted molar refractivity (Wildman–Crippen MR) is 159 cm³/mol. The van der Waals surface area contributed by atoms with Crippen LogP contribution in [0.2, 0.25) is 0 Å². The number of nitrogens with zero attached hydrogens (tertiary/aromatic N) is 3. The number of H-pyrrole nitrogens is 1. The van der Waals surface area contributed by atoms with Crippen molar-refractivity contribution in [3.8, 4) is 5.75 Å². The number of ether oxygens (including phenoxy) is 2. The molecule has 1 N–H and O–H groups in total. The Balaban J connectivity index is 1.41. The Morgan fingerprint density at radius 1 is 1.00 bits per heavy atom. The zero-order chi connectivity index (χ0) is 28.8. The topological polar surface area (TPSA) is 78.1 Å². The fourth-order valence-corrected chi connectivity index (χ4v) is 5.23. The SMILES string of the molecule is Cc1c[nH]c2cc(OCc3ccccc3)c(C(=O)C(=CN(C)C)N3CCN(C(OC=O)c4ccccc4)CC3)cc12. The third-order valence-electron chi connectivity index (χ3n) is 7.34. The Bertz CT molecular complexity index is 1510. The second kappa shape index (κ2) is 12.7. The molecule has 1 fully saturated rings. The monoisotopic (exact) mass is 552 g/mol. The molecule has 1 aromatic heterocycles. The van der Waals surface area contributed by atoms with Gasteiger partial charge >= 0.3 is 0 Å². The largest absolute Gasteiger partial charge is 0.488 e. The highest BCUT2D eigenvalue weighted by Crippen LogP contribution is 2.32. The van der Waals surface area contributed by atoms with E-state index in [1.807, 2.05) is 111 Å². The van der Waals surface area contributed by atoms with E-state index >= 15 is 0 Å². The number of Topliss-reactive ketones (excluding diaryl/α,β-unsaturated/α-hetero) is 1. The number of fused-ring (bicyclic) bond motifs is 1. The fourth-order valence-electron chi connectivity index (χ4n) is 5.23. The van der Waals surface area contributed by atoms with E-state index in [2.05, 4.69) is 14.8 Å². The number of aromatic amines is 1. The van der Waals surface area contributed by atoms with E-state index in [0.717, 1.165) is 27.6 Å². The van der Waals surface area contributed by atoms with Gasteiger partial charge in [0.2, 0.25) is 5.78 Å². The number of aromatic nitrogens is 1. The van der Waals surface area contributed by atoms with Crippen LogP contribution in [0.1, 0.15) is 33.3 Å². The number of hydrogen-bond acceptors (Lipinski definition) is 7. The van der Waals surface area contributed by atoms with Gasteiger partial charge in [-0.25, -0.2) is 0 Å². The van der Waals surface area contributed by atoms with E-state index in [1.165, 1.54) is 0 Å². The van der Waals surface area contributed by atoms with Crippen molar-refractivity contribution in [2.45, 2.75) is 19.8 Å². The average molecular weight is 553 g/mol. The van der Waals surface area contributed by atoms with E-state index in [1.54, 1.807) is 0 Å². The summed E-state index contributed by atoms with van der Waals surface area (Å²) < 4.78 is 11.8. The fraction of sp³-hybridized carbons (Fsp3) is 0.273. The second-order valence-corrected chi connectivity index (χ2v) is 10.5. The maximum absolute atomic E-state index is 14.3. The molecule has 1 saturated heterocycles. The van der Waals surface area contributed by atoms with E-state index in [9.17, 15) is 9.59 Å². The van der Waals surface area contributed by atoms with Gasteiger partial charge in [-0.1, -0.05) is 60.7 Å². The lowest BCUT2D eigenvalue weighted by molar-refractivity contribution is -0.146. The quantitative estimate of drug-likeness (QED) is 0.157. The van der Waals surface area contributed by atoms with Crippen molar-refractivity contribution in [2.24, 2.45) is 0 Å². The first kappa shape index (κ1) is 28.0. The maximum atomic E-state index is 14.3. The molecule has 4 aromatic rings. The summed E-state index contributed by atoms with van der Waals surface area (Å²) in [6, 6.07) is 23.5. The third-order valence-corrected chi connectivity index (χ3v) is 7.34. The van der Waals surface area contributed by atoms with Crippen LogP contribution < -0.4 is 4.74 Å². The summed E-state index contributed by atoms with van der Waals surface area (Å²) in [6.45, 7) is 5.33. The van der Waals surface area contributed by atoms with Crippen LogP contribution in [-0.4, -0.2) is 72.2 Å². The number of nitrogens with one attached hydrogen (secondary N) is 1. The normalized spacial score (nSPS) is 15.0. The van der Waals surface area contributed by atoms with Gasteiger partial charge in [0.15, 0.2) is 6.23 Å². The lowest BCUT2D eigenvalue weighted by Gasteiger charge is -2.40. The van der Waals surface area contributed by atoms with Crippen LogP contribution in [0.15, 0.2) is 90.9 Å². The van der Waals surface area contributed by atoms with Crippen molar-refractivity contribution < 1.29 is 19.1 Å². The first-order valence-corrected chi connectivity index (χ1v) is 13.8. The average Bonchev–Trinajstić information content (AvgIpc) is 3.37. The van der Waals surface area contributed by atoms with Crippen molar-refractivity contribution in [3.63, 3.8) is 0 Å². The summed E-state index contributed by atoms with van der Waals surface area (Å²) in [5.41, 5.74) is 5.06. The highest BCUT2D eigenvalue weighted by Gasteiger charge is 2.30. The number of hydrogen-bond donors (Lipinski definition) is 1. The number of ketones is 1. The summed E-state index contributed by atoms with van der Waals surface area (Å²) in [6.07, 6.45) is 3.36. The molecule has 3 aromatic carbocycles. The summed E-state index contributed by atoms with van der Waals surface area (Å²) in [5.74, 6) is 0.446. The molecule has 0 radical (unpaired) electrons. The van der Waals surface area contributed by atoms with Gasteiger partial charge in [-0.3, -0.25) is 14.5 Å². The van der Waals surface area contributed by atoms with Gasteiger partial charge in [-0.2, -0.15) is 0 Å². The number of aryl methyl sites for hydroxylation is 1. The van der Waals surface area contributed by atoms with E-state index in [4.69, 9.17) is 9.47 Å². The Hall–Kier alpha value is -4.56. The molecule has 41 heavy (non-hydrogen) atoms. The number of benzene rings is 3. The molecule has 0 amide bonds. The van der Waals surface area contributed by atoms with Gasteiger partial charge in [0.1, 0.15) is 18.1 Å². The van der Waals surface area contributed by atoms with Gasteiger partial charge < -0.3 is 24.3 Å². The molecule has 2 heterocycles. The number of carbonyl (C=O) groups is 2. The Morgan fingerprint density at radius 3 is 2.34 bits per heavy atom. The van der Waals surface area contributed by atoms with Gasteiger partial charge in [-0.15, -0.1) is 0 Å². The molecular weight excluding hydrogens is 516 g/mol. The standard InChI is InChI=1S/C33H36N4O4/c1-24-20-34-29-19-31(40-22-25-10-6-4-7-11-25)28(18-27(24)29)32(39)30(21-35(2)3)36-14-16-37(17-15-36)33(41-23-38)26-12-8-5-9-13-26/h4-13,18-21,23,33-34H,14-17,22H2,1-3H3. The van der Waals surface area contributed by atoms with Gasteiger partial charge in [0.25, 0.3) is 6.47 Å². The van der Waals surface area contributed by atoms with Gasteiger partial charge in [0.05, 0.1) is 5.56 Å². The Labute approximate surface area is 240 Å². The first-order chi connectivity index (χ1) is 19.9. The van der Waals surface area contributed by atoms with Crippen LogP contribution >= 0.6 is 0 Å². The molecule has 1 aliphatic heterocycles. The summed E-state index contributed by atoms with van der Waals surface area (Å²) in [5, 5.41) is 0.992. The number of carbonyl (C=O) groups excluding carboxylic acids is 2.